The molecule has 29 heavy (non-hydrogen) atoms. The summed E-state index contributed by atoms with van der Waals surface area (Å²) in [4.78, 5) is 30.2. The molecule has 7 nitrogen and oxygen atoms in total. The molecule has 1 heterocycles. The number of ether oxygens (including phenoxy) is 2. The maximum absolute atomic E-state index is 13.0. The summed E-state index contributed by atoms with van der Waals surface area (Å²) in [6, 6.07) is 14.4. The minimum absolute atomic E-state index is 0.325. The third kappa shape index (κ3) is 3.47. The Bertz CT molecular complexity index is 1090. The highest BCUT2D eigenvalue weighted by molar-refractivity contribution is 6.18. The van der Waals surface area contributed by atoms with Crippen molar-refractivity contribution in [2.75, 3.05) is 24.9 Å². The van der Waals surface area contributed by atoms with E-state index in [9.17, 15) is 9.59 Å². The predicted octanol–water partition coefficient (Wildman–Crippen LogP) is 3.61. The Kier molecular flexibility index (Phi) is 4.80. The van der Waals surface area contributed by atoms with Crippen LogP contribution < -0.4 is 20.1 Å². The molecule has 0 spiro atoms. The van der Waals surface area contributed by atoms with E-state index < -0.39 is 5.41 Å². The van der Waals surface area contributed by atoms with Gasteiger partial charge in [0.2, 0.25) is 11.8 Å². The molecule has 0 aliphatic heterocycles. The number of fused-ring (bicyclic) bond motifs is 1. The summed E-state index contributed by atoms with van der Waals surface area (Å²) in [6.45, 7) is 0. The lowest BCUT2D eigenvalue weighted by molar-refractivity contribution is -0.131. The number of nitrogens with zero attached hydrogens (tertiary/aromatic N) is 1. The van der Waals surface area contributed by atoms with E-state index in [1.54, 1.807) is 37.6 Å². The molecule has 1 aromatic heterocycles. The average Bonchev–Trinajstić information content (AvgIpc) is 3.56. The lowest BCUT2D eigenvalue weighted by atomic mass is 10.0. The topological polar surface area (TPSA) is 89.5 Å². The third-order valence-electron chi connectivity index (χ3n) is 5.14. The van der Waals surface area contributed by atoms with Crippen LogP contribution >= 0.6 is 0 Å². The van der Waals surface area contributed by atoms with Gasteiger partial charge in [-0.05, 0) is 37.1 Å². The number of hydrogen-bond acceptors (Lipinski definition) is 5. The molecule has 2 N–H and O–H groups in total. The van der Waals surface area contributed by atoms with E-state index in [-0.39, 0.29) is 11.8 Å². The number of methoxy groups -OCH3 is 2. The first-order valence-electron chi connectivity index (χ1n) is 9.26. The van der Waals surface area contributed by atoms with E-state index in [2.05, 4.69) is 15.6 Å². The smallest absolute Gasteiger partial charge is 0.240 e. The molecule has 0 saturated heterocycles. The minimum atomic E-state index is -1.08. The van der Waals surface area contributed by atoms with Crippen LogP contribution in [0.2, 0.25) is 0 Å². The second kappa shape index (κ2) is 7.43. The van der Waals surface area contributed by atoms with Crippen molar-refractivity contribution in [1.82, 2.24) is 4.98 Å². The summed E-state index contributed by atoms with van der Waals surface area (Å²) in [5, 5.41) is 6.63. The summed E-state index contributed by atoms with van der Waals surface area (Å²) < 4.78 is 10.5. The Morgan fingerprint density at radius 1 is 0.931 bits per heavy atom. The Labute approximate surface area is 168 Å². The van der Waals surface area contributed by atoms with E-state index in [4.69, 9.17) is 9.47 Å². The van der Waals surface area contributed by atoms with E-state index in [0.717, 1.165) is 5.39 Å². The van der Waals surface area contributed by atoms with Gasteiger partial charge < -0.3 is 20.1 Å². The van der Waals surface area contributed by atoms with Crippen LogP contribution in [0.1, 0.15) is 12.8 Å². The molecule has 3 aromatic rings. The van der Waals surface area contributed by atoms with Gasteiger partial charge in [-0.3, -0.25) is 14.6 Å². The molecule has 1 saturated carbocycles. The third-order valence-corrected chi connectivity index (χ3v) is 5.14. The number of carbonyl (C=O) groups is 2. The molecule has 1 fully saturated rings. The molecule has 2 aromatic carbocycles. The zero-order valence-corrected chi connectivity index (χ0v) is 16.2. The number of anilines is 2. The van der Waals surface area contributed by atoms with Gasteiger partial charge in [-0.25, -0.2) is 0 Å². The van der Waals surface area contributed by atoms with Crippen LogP contribution in [0.3, 0.4) is 0 Å². The van der Waals surface area contributed by atoms with Gasteiger partial charge >= 0.3 is 0 Å². The van der Waals surface area contributed by atoms with Crippen molar-refractivity contribution in [1.29, 1.82) is 0 Å². The maximum Gasteiger partial charge on any atom is 0.240 e. The quantitative estimate of drug-likeness (QED) is 0.627. The first-order valence-corrected chi connectivity index (χ1v) is 9.26. The Hall–Kier alpha value is -3.61. The van der Waals surface area contributed by atoms with E-state index in [1.165, 1.54) is 7.11 Å². The van der Waals surface area contributed by atoms with Crippen LogP contribution in [0.15, 0.2) is 54.7 Å². The van der Waals surface area contributed by atoms with Crippen LogP contribution in [0, 0.1) is 5.41 Å². The average molecular weight is 391 g/mol. The number of carbonyl (C=O) groups excluding carboxylic acids is 2. The highest BCUT2D eigenvalue weighted by Gasteiger charge is 2.56. The van der Waals surface area contributed by atoms with Crippen molar-refractivity contribution < 1.29 is 19.1 Å². The zero-order chi connectivity index (χ0) is 20.4. The standard InChI is InChI=1S/C22H21N3O4/c1-28-17-9-8-15(13-18(17)29-2)24-20(26)22(10-11-22)21(27)25-16-7-3-5-14-6-4-12-23-19(14)16/h3-9,12-13H,10-11H2,1-2H3,(H,24,26)(H,25,27). The molecule has 0 atom stereocenters. The second-order valence-corrected chi connectivity index (χ2v) is 6.94. The highest BCUT2D eigenvalue weighted by atomic mass is 16.5. The molecule has 0 radical (unpaired) electrons. The van der Waals surface area contributed by atoms with Gasteiger partial charge in [0.15, 0.2) is 11.5 Å². The lowest BCUT2D eigenvalue weighted by Crippen LogP contribution is -2.35. The first kappa shape index (κ1) is 18.7. The van der Waals surface area contributed by atoms with Crippen molar-refractivity contribution in [2.24, 2.45) is 5.41 Å². The van der Waals surface area contributed by atoms with Gasteiger partial charge in [0.1, 0.15) is 5.41 Å². The monoisotopic (exact) mass is 391 g/mol. The number of nitrogens with one attached hydrogen (secondary N) is 2. The Balaban J connectivity index is 1.52. The molecule has 0 unspecified atom stereocenters. The van der Waals surface area contributed by atoms with Crippen molar-refractivity contribution in [2.45, 2.75) is 12.8 Å². The van der Waals surface area contributed by atoms with Gasteiger partial charge in [-0.15, -0.1) is 0 Å². The summed E-state index contributed by atoms with van der Waals surface area (Å²) in [5.41, 5.74) is 0.751. The second-order valence-electron chi connectivity index (χ2n) is 6.94. The van der Waals surface area contributed by atoms with Crippen LogP contribution in [0.25, 0.3) is 10.9 Å². The van der Waals surface area contributed by atoms with Crippen LogP contribution in [0.4, 0.5) is 11.4 Å². The first-order chi connectivity index (χ1) is 14.1. The number of para-hydroxylation sites is 1. The summed E-state index contributed by atoms with van der Waals surface area (Å²) in [5.74, 6) is 0.401. The molecule has 0 bridgehead atoms. The number of benzene rings is 2. The van der Waals surface area contributed by atoms with Crippen molar-refractivity contribution >= 4 is 34.1 Å². The Morgan fingerprint density at radius 2 is 1.66 bits per heavy atom. The zero-order valence-electron chi connectivity index (χ0n) is 16.2. The molecule has 1 aliphatic carbocycles. The van der Waals surface area contributed by atoms with Gasteiger partial charge in [0.05, 0.1) is 25.4 Å². The molecule has 2 amide bonds. The fourth-order valence-electron chi connectivity index (χ4n) is 3.29. The maximum atomic E-state index is 13.0. The van der Waals surface area contributed by atoms with Gasteiger partial charge in [0, 0.05) is 23.3 Å². The van der Waals surface area contributed by atoms with Crippen LogP contribution in [0.5, 0.6) is 11.5 Å². The number of aromatic nitrogens is 1. The predicted molar refractivity (Wildman–Crippen MR) is 110 cm³/mol. The summed E-state index contributed by atoms with van der Waals surface area (Å²) in [6.07, 6.45) is 2.67. The minimum Gasteiger partial charge on any atom is -0.493 e. The molecule has 4 rings (SSSR count). The van der Waals surface area contributed by atoms with E-state index >= 15 is 0 Å². The van der Waals surface area contributed by atoms with Gasteiger partial charge in [0.25, 0.3) is 0 Å². The molecular formula is C22H21N3O4. The van der Waals surface area contributed by atoms with E-state index in [1.807, 2.05) is 24.3 Å². The molecule has 148 valence electrons. The molecule has 1 aliphatic rings. The van der Waals surface area contributed by atoms with Gasteiger partial charge in [-0.1, -0.05) is 18.2 Å². The number of rotatable bonds is 6. The Morgan fingerprint density at radius 3 is 2.38 bits per heavy atom. The summed E-state index contributed by atoms with van der Waals surface area (Å²) in [7, 11) is 3.07. The number of amides is 2. The largest absolute Gasteiger partial charge is 0.493 e. The van der Waals surface area contributed by atoms with Crippen LogP contribution in [-0.2, 0) is 9.59 Å². The van der Waals surface area contributed by atoms with Crippen LogP contribution in [-0.4, -0.2) is 31.0 Å². The highest BCUT2D eigenvalue weighted by Crippen LogP contribution is 2.48. The summed E-state index contributed by atoms with van der Waals surface area (Å²) >= 11 is 0. The lowest BCUT2D eigenvalue weighted by Gasteiger charge is -2.17. The SMILES string of the molecule is COc1ccc(NC(=O)C2(C(=O)Nc3cccc4cccnc34)CC2)cc1OC. The van der Waals surface area contributed by atoms with E-state index in [0.29, 0.717) is 41.2 Å². The van der Waals surface area contributed by atoms with Crippen molar-refractivity contribution in [3.63, 3.8) is 0 Å². The number of pyridine rings is 1. The van der Waals surface area contributed by atoms with Gasteiger partial charge in [-0.2, -0.15) is 0 Å². The van der Waals surface area contributed by atoms with Crippen molar-refractivity contribution in [3.8, 4) is 11.5 Å². The normalized spacial score (nSPS) is 14.1. The number of hydrogen-bond donors (Lipinski definition) is 2. The fraction of sp³-hybridized carbons (Fsp3) is 0.227. The fourth-order valence-corrected chi connectivity index (χ4v) is 3.29. The van der Waals surface area contributed by atoms with Crippen molar-refractivity contribution in [3.05, 3.63) is 54.7 Å². The molecule has 7 heteroatoms. The molecular weight excluding hydrogens is 370 g/mol.